The van der Waals surface area contributed by atoms with E-state index in [4.69, 9.17) is 27.9 Å². The second-order valence-corrected chi connectivity index (χ2v) is 5.69. The first-order chi connectivity index (χ1) is 10.0. The number of hydrogen-bond acceptors (Lipinski definition) is 3. The highest BCUT2D eigenvalue weighted by Gasteiger charge is 2.12. The predicted octanol–water partition coefficient (Wildman–Crippen LogP) is 3.72. The van der Waals surface area contributed by atoms with Crippen molar-refractivity contribution < 1.29 is 4.74 Å². The molecule has 0 aliphatic rings. The average molecular weight is 328 g/mol. The number of aromatic nitrogens is 2. The third kappa shape index (κ3) is 4.13. The number of aryl methyl sites for hydroxylation is 2. The summed E-state index contributed by atoms with van der Waals surface area (Å²) in [6.07, 6.45) is 0. The Balaban J connectivity index is 2.20. The smallest absolute Gasteiger partial charge is 0.143 e. The quantitative estimate of drug-likeness (QED) is 0.878. The van der Waals surface area contributed by atoms with Gasteiger partial charge in [0, 0.05) is 24.2 Å². The zero-order valence-corrected chi connectivity index (χ0v) is 13.9. The molecule has 1 heterocycles. The first kappa shape index (κ1) is 16.1. The minimum absolute atomic E-state index is 0.415. The molecule has 0 fully saturated rings. The maximum absolute atomic E-state index is 6.27. The Kier molecular flexibility index (Phi) is 5.51. The molecule has 1 aromatic carbocycles. The van der Waals surface area contributed by atoms with Gasteiger partial charge in [-0.2, -0.15) is 5.10 Å². The summed E-state index contributed by atoms with van der Waals surface area (Å²) < 4.78 is 7.72. The highest BCUT2D eigenvalue weighted by Crippen LogP contribution is 2.33. The Hall–Kier alpha value is -1.23. The Bertz CT molecular complexity index is 626. The van der Waals surface area contributed by atoms with Crippen LogP contribution in [0, 0.1) is 6.92 Å². The molecule has 0 aliphatic carbocycles. The van der Waals surface area contributed by atoms with Crippen molar-refractivity contribution in [2.75, 3.05) is 6.54 Å². The summed E-state index contributed by atoms with van der Waals surface area (Å²) in [7, 11) is 1.90. The second kappa shape index (κ2) is 7.16. The van der Waals surface area contributed by atoms with E-state index in [0.29, 0.717) is 28.9 Å². The fraction of sp³-hybridized carbons (Fsp3) is 0.400. The van der Waals surface area contributed by atoms with E-state index in [1.165, 1.54) is 0 Å². The van der Waals surface area contributed by atoms with Gasteiger partial charge in [-0.3, -0.25) is 4.68 Å². The maximum atomic E-state index is 6.27. The highest BCUT2D eigenvalue weighted by atomic mass is 35.5. The van der Waals surface area contributed by atoms with E-state index in [-0.39, 0.29) is 0 Å². The van der Waals surface area contributed by atoms with Crippen LogP contribution in [-0.2, 0) is 20.2 Å². The first-order valence-corrected chi connectivity index (χ1v) is 7.57. The molecule has 114 valence electrons. The van der Waals surface area contributed by atoms with Gasteiger partial charge in [0.2, 0.25) is 0 Å². The van der Waals surface area contributed by atoms with E-state index in [0.717, 1.165) is 23.5 Å². The molecular formula is C15H19Cl2N3O. The zero-order chi connectivity index (χ0) is 15.4. The van der Waals surface area contributed by atoms with Crippen LogP contribution in [0.1, 0.15) is 23.9 Å². The minimum atomic E-state index is 0.415. The van der Waals surface area contributed by atoms with Gasteiger partial charge in [0.25, 0.3) is 0 Å². The molecule has 2 aromatic rings. The number of nitrogens with zero attached hydrogens (tertiary/aromatic N) is 2. The third-order valence-electron chi connectivity index (χ3n) is 3.11. The summed E-state index contributed by atoms with van der Waals surface area (Å²) >= 11 is 12.3. The van der Waals surface area contributed by atoms with E-state index in [9.17, 15) is 0 Å². The van der Waals surface area contributed by atoms with Gasteiger partial charge in [0.15, 0.2) is 0 Å². The van der Waals surface area contributed by atoms with Gasteiger partial charge in [-0.1, -0.05) is 30.1 Å². The molecule has 0 unspecified atom stereocenters. The molecule has 0 bridgehead atoms. The first-order valence-electron chi connectivity index (χ1n) is 6.82. The van der Waals surface area contributed by atoms with Gasteiger partial charge in [0.05, 0.1) is 16.4 Å². The van der Waals surface area contributed by atoms with Crippen molar-refractivity contribution >= 4 is 23.2 Å². The average Bonchev–Trinajstić information content (AvgIpc) is 2.73. The van der Waals surface area contributed by atoms with Gasteiger partial charge < -0.3 is 10.1 Å². The van der Waals surface area contributed by atoms with Crippen LogP contribution in [0.15, 0.2) is 18.2 Å². The fourth-order valence-electron chi connectivity index (χ4n) is 2.11. The summed E-state index contributed by atoms with van der Waals surface area (Å²) in [5.74, 6) is 0.667. The summed E-state index contributed by atoms with van der Waals surface area (Å²) in [5, 5.41) is 8.69. The van der Waals surface area contributed by atoms with Crippen LogP contribution >= 0.6 is 23.2 Å². The molecule has 6 heteroatoms. The predicted molar refractivity (Wildman–Crippen MR) is 86.1 cm³/mol. The maximum Gasteiger partial charge on any atom is 0.143 e. The zero-order valence-electron chi connectivity index (χ0n) is 12.4. The second-order valence-electron chi connectivity index (χ2n) is 4.85. The Labute approximate surface area is 135 Å². The molecule has 0 amide bonds. The fourth-order valence-corrected chi connectivity index (χ4v) is 2.70. The van der Waals surface area contributed by atoms with Crippen LogP contribution < -0.4 is 10.1 Å². The monoisotopic (exact) mass is 327 g/mol. The molecule has 2 rings (SSSR count). The molecule has 1 N–H and O–H groups in total. The molecule has 0 saturated heterocycles. The van der Waals surface area contributed by atoms with Crippen LogP contribution in [0.3, 0.4) is 0 Å². The minimum Gasteiger partial charge on any atom is -0.485 e. The summed E-state index contributed by atoms with van der Waals surface area (Å²) in [5.41, 5.74) is 2.91. The molecule has 4 nitrogen and oxygen atoms in total. The number of halogens is 2. The van der Waals surface area contributed by atoms with Crippen LogP contribution in [0.4, 0.5) is 0 Å². The Morgan fingerprint density at radius 3 is 2.67 bits per heavy atom. The van der Waals surface area contributed by atoms with Crippen molar-refractivity contribution in [1.82, 2.24) is 15.1 Å². The summed E-state index contributed by atoms with van der Waals surface area (Å²) in [4.78, 5) is 0. The van der Waals surface area contributed by atoms with Gasteiger partial charge in [-0.15, -0.1) is 0 Å². The molecule has 0 aliphatic heterocycles. The highest BCUT2D eigenvalue weighted by molar-refractivity contribution is 6.35. The van der Waals surface area contributed by atoms with Gasteiger partial charge in [0.1, 0.15) is 12.4 Å². The molecule has 0 spiro atoms. The molecule has 1 aromatic heterocycles. The topological polar surface area (TPSA) is 39.1 Å². The largest absolute Gasteiger partial charge is 0.485 e. The van der Waals surface area contributed by atoms with E-state index >= 15 is 0 Å². The lowest BCUT2D eigenvalue weighted by Gasteiger charge is -2.14. The number of benzene rings is 1. The van der Waals surface area contributed by atoms with Crippen molar-refractivity contribution in [3.8, 4) is 5.75 Å². The van der Waals surface area contributed by atoms with Crippen LogP contribution in [-0.4, -0.2) is 16.3 Å². The Morgan fingerprint density at radius 2 is 2.05 bits per heavy atom. The normalized spacial score (nSPS) is 10.9. The van der Waals surface area contributed by atoms with Crippen molar-refractivity contribution in [3.05, 3.63) is 45.2 Å². The van der Waals surface area contributed by atoms with E-state index < -0.39 is 0 Å². The Morgan fingerprint density at radius 1 is 1.29 bits per heavy atom. The van der Waals surface area contributed by atoms with Crippen molar-refractivity contribution in [1.29, 1.82) is 0 Å². The lowest BCUT2D eigenvalue weighted by atomic mass is 10.2. The van der Waals surface area contributed by atoms with Gasteiger partial charge in [-0.05, 0) is 31.7 Å². The van der Waals surface area contributed by atoms with Gasteiger partial charge >= 0.3 is 0 Å². The number of ether oxygens (including phenoxy) is 1. The number of rotatable bonds is 6. The van der Waals surface area contributed by atoms with Crippen molar-refractivity contribution in [2.45, 2.75) is 27.0 Å². The van der Waals surface area contributed by atoms with Crippen molar-refractivity contribution in [2.24, 2.45) is 7.05 Å². The van der Waals surface area contributed by atoms with Crippen molar-refractivity contribution in [3.63, 3.8) is 0 Å². The lowest BCUT2D eigenvalue weighted by Crippen LogP contribution is -2.13. The molecule has 0 radical (unpaired) electrons. The SMILES string of the molecule is CCNCc1cc(Cl)cc(Cl)c1OCc1cc(C)nn1C. The molecule has 0 atom stereocenters. The summed E-state index contributed by atoms with van der Waals surface area (Å²) in [6.45, 7) is 5.94. The van der Waals surface area contributed by atoms with E-state index in [1.807, 2.05) is 37.7 Å². The molecule has 21 heavy (non-hydrogen) atoms. The standard InChI is InChI=1S/C15H19Cl2N3O/c1-4-18-8-11-6-12(16)7-14(17)15(11)21-9-13-5-10(2)19-20(13)3/h5-7,18H,4,8-9H2,1-3H3. The van der Waals surface area contributed by atoms with E-state index in [1.54, 1.807) is 6.07 Å². The van der Waals surface area contributed by atoms with Crippen LogP contribution in [0.5, 0.6) is 5.75 Å². The molecule has 0 saturated carbocycles. The lowest BCUT2D eigenvalue weighted by molar-refractivity contribution is 0.291. The third-order valence-corrected chi connectivity index (χ3v) is 3.61. The van der Waals surface area contributed by atoms with Gasteiger partial charge in [-0.25, -0.2) is 0 Å². The number of hydrogen-bond donors (Lipinski definition) is 1. The summed E-state index contributed by atoms with van der Waals surface area (Å²) in [6, 6.07) is 5.57. The van der Waals surface area contributed by atoms with E-state index in [2.05, 4.69) is 10.4 Å². The van der Waals surface area contributed by atoms with Crippen LogP contribution in [0.2, 0.25) is 10.0 Å². The van der Waals surface area contributed by atoms with Crippen LogP contribution in [0.25, 0.3) is 0 Å². The number of nitrogens with one attached hydrogen (secondary N) is 1. The molecular weight excluding hydrogens is 309 g/mol.